The molecular formula is C8H16N2O2. The Kier molecular flexibility index (Phi) is 3.49. The maximum atomic E-state index is 11.3. The summed E-state index contributed by atoms with van der Waals surface area (Å²) in [7, 11) is 1.68. The number of amides is 1. The molecule has 1 aliphatic rings. The molecule has 1 amide bonds. The van der Waals surface area contributed by atoms with E-state index in [0.717, 1.165) is 19.5 Å². The zero-order valence-electron chi connectivity index (χ0n) is 7.45. The third-order valence-electron chi connectivity index (χ3n) is 2.19. The lowest BCUT2D eigenvalue weighted by Gasteiger charge is -2.15. The molecule has 0 aromatic carbocycles. The summed E-state index contributed by atoms with van der Waals surface area (Å²) in [6.07, 6.45) is 1.63. The number of methoxy groups -OCH3 is 1. The van der Waals surface area contributed by atoms with Gasteiger partial charge in [-0.3, -0.25) is 4.79 Å². The highest BCUT2D eigenvalue weighted by Crippen LogP contribution is 2.12. The van der Waals surface area contributed by atoms with Crippen molar-refractivity contribution < 1.29 is 9.53 Å². The van der Waals surface area contributed by atoms with Crippen molar-refractivity contribution in [1.82, 2.24) is 4.90 Å². The molecule has 2 N–H and O–H groups in total. The molecule has 1 heterocycles. The summed E-state index contributed by atoms with van der Waals surface area (Å²) in [5.74, 6) is 0.150. The van der Waals surface area contributed by atoms with Crippen LogP contribution < -0.4 is 5.73 Å². The zero-order valence-corrected chi connectivity index (χ0v) is 7.45. The lowest BCUT2D eigenvalue weighted by molar-refractivity contribution is -0.130. The van der Waals surface area contributed by atoms with Gasteiger partial charge in [-0.25, -0.2) is 0 Å². The van der Waals surface area contributed by atoms with Crippen molar-refractivity contribution in [3.63, 3.8) is 0 Å². The van der Waals surface area contributed by atoms with E-state index in [4.69, 9.17) is 10.5 Å². The van der Waals surface area contributed by atoms with Crippen molar-refractivity contribution in [2.75, 3.05) is 26.7 Å². The van der Waals surface area contributed by atoms with Gasteiger partial charge in [0.25, 0.3) is 0 Å². The largest absolute Gasteiger partial charge is 0.380 e. The number of likely N-dealkylation sites (tertiary alicyclic amines) is 1. The van der Waals surface area contributed by atoms with E-state index < -0.39 is 0 Å². The van der Waals surface area contributed by atoms with Crippen LogP contribution in [0.25, 0.3) is 0 Å². The van der Waals surface area contributed by atoms with Crippen molar-refractivity contribution in [1.29, 1.82) is 0 Å². The van der Waals surface area contributed by atoms with Gasteiger partial charge in [0, 0.05) is 33.2 Å². The summed E-state index contributed by atoms with van der Waals surface area (Å²) in [5.41, 5.74) is 5.29. The van der Waals surface area contributed by atoms with E-state index in [1.807, 2.05) is 4.90 Å². The second-order valence-electron chi connectivity index (χ2n) is 3.02. The van der Waals surface area contributed by atoms with Gasteiger partial charge in [-0.15, -0.1) is 0 Å². The fourth-order valence-electron chi connectivity index (χ4n) is 1.43. The fourth-order valence-corrected chi connectivity index (χ4v) is 1.43. The van der Waals surface area contributed by atoms with Crippen molar-refractivity contribution in [3.05, 3.63) is 0 Å². The first kappa shape index (κ1) is 9.48. The van der Waals surface area contributed by atoms with E-state index in [2.05, 4.69) is 0 Å². The maximum Gasteiger partial charge on any atom is 0.223 e. The van der Waals surface area contributed by atoms with Crippen molar-refractivity contribution >= 4 is 5.91 Å². The zero-order chi connectivity index (χ0) is 8.97. The van der Waals surface area contributed by atoms with Crippen molar-refractivity contribution in [3.8, 4) is 0 Å². The highest BCUT2D eigenvalue weighted by atomic mass is 16.5. The number of nitrogens with zero attached hydrogens (tertiary/aromatic N) is 1. The van der Waals surface area contributed by atoms with Crippen LogP contribution in [0.1, 0.15) is 12.8 Å². The molecule has 0 radical (unpaired) electrons. The molecule has 4 heteroatoms. The lowest BCUT2D eigenvalue weighted by atomic mass is 10.3. The minimum absolute atomic E-state index is 0.150. The Labute approximate surface area is 72.7 Å². The molecule has 0 aromatic heterocycles. The second kappa shape index (κ2) is 4.42. The fraction of sp³-hybridized carbons (Fsp3) is 0.875. The monoisotopic (exact) mass is 172 g/mol. The van der Waals surface area contributed by atoms with Crippen molar-refractivity contribution in [2.24, 2.45) is 5.73 Å². The number of nitrogens with two attached hydrogens (primary N) is 1. The maximum absolute atomic E-state index is 11.3. The first-order valence-corrected chi connectivity index (χ1v) is 4.28. The predicted octanol–water partition coefficient (Wildman–Crippen LogP) is -0.417. The van der Waals surface area contributed by atoms with E-state index in [-0.39, 0.29) is 12.0 Å². The number of hydrogen-bond donors (Lipinski definition) is 1. The van der Waals surface area contributed by atoms with Crippen molar-refractivity contribution in [2.45, 2.75) is 18.9 Å². The van der Waals surface area contributed by atoms with E-state index in [9.17, 15) is 4.79 Å². The molecule has 70 valence electrons. The summed E-state index contributed by atoms with van der Waals surface area (Å²) < 4.78 is 5.14. The van der Waals surface area contributed by atoms with Crippen LogP contribution >= 0.6 is 0 Å². The molecule has 1 fully saturated rings. The predicted molar refractivity (Wildman–Crippen MR) is 45.7 cm³/mol. The van der Waals surface area contributed by atoms with Gasteiger partial charge in [0.2, 0.25) is 5.91 Å². The minimum Gasteiger partial charge on any atom is -0.380 e. The molecule has 1 aliphatic heterocycles. The summed E-state index contributed by atoms with van der Waals surface area (Å²) in [4.78, 5) is 13.1. The number of rotatable bonds is 3. The van der Waals surface area contributed by atoms with Crippen LogP contribution in [0.5, 0.6) is 0 Å². The first-order valence-electron chi connectivity index (χ1n) is 4.28. The van der Waals surface area contributed by atoms with Gasteiger partial charge in [-0.1, -0.05) is 0 Å². The summed E-state index contributed by atoms with van der Waals surface area (Å²) >= 11 is 0. The van der Waals surface area contributed by atoms with Crippen LogP contribution in [0.15, 0.2) is 0 Å². The number of ether oxygens (including phenoxy) is 1. The molecule has 1 saturated heterocycles. The number of hydrogen-bond acceptors (Lipinski definition) is 3. The summed E-state index contributed by atoms with van der Waals surface area (Å²) in [5, 5.41) is 0. The van der Waals surface area contributed by atoms with E-state index >= 15 is 0 Å². The van der Waals surface area contributed by atoms with E-state index in [1.165, 1.54) is 0 Å². The number of carbonyl (C=O) groups is 1. The van der Waals surface area contributed by atoms with Gasteiger partial charge in [0.05, 0.1) is 6.10 Å². The molecule has 0 spiro atoms. The van der Waals surface area contributed by atoms with E-state index in [0.29, 0.717) is 13.0 Å². The quantitative estimate of drug-likeness (QED) is 0.629. The van der Waals surface area contributed by atoms with Crippen LogP contribution in [-0.4, -0.2) is 43.7 Å². The molecule has 4 nitrogen and oxygen atoms in total. The van der Waals surface area contributed by atoms with Gasteiger partial charge in [-0.2, -0.15) is 0 Å². The van der Waals surface area contributed by atoms with Gasteiger partial charge in [0.1, 0.15) is 0 Å². The highest BCUT2D eigenvalue weighted by molar-refractivity contribution is 5.76. The molecule has 0 unspecified atom stereocenters. The Morgan fingerprint density at radius 1 is 1.75 bits per heavy atom. The average Bonchev–Trinajstić information content (AvgIpc) is 2.52. The number of carbonyl (C=O) groups excluding carboxylic acids is 1. The molecule has 0 saturated carbocycles. The van der Waals surface area contributed by atoms with E-state index in [1.54, 1.807) is 7.11 Å². The topological polar surface area (TPSA) is 55.6 Å². The third-order valence-corrected chi connectivity index (χ3v) is 2.19. The third kappa shape index (κ3) is 2.19. The normalized spacial score (nSPS) is 23.2. The smallest absolute Gasteiger partial charge is 0.223 e. The van der Waals surface area contributed by atoms with Gasteiger partial charge < -0.3 is 15.4 Å². The molecule has 12 heavy (non-hydrogen) atoms. The molecule has 1 atom stereocenters. The van der Waals surface area contributed by atoms with Crippen LogP contribution in [0.3, 0.4) is 0 Å². The molecule has 0 aromatic rings. The second-order valence-corrected chi connectivity index (χ2v) is 3.02. The van der Waals surface area contributed by atoms with Gasteiger partial charge in [-0.05, 0) is 6.42 Å². The lowest BCUT2D eigenvalue weighted by Crippen LogP contribution is -2.31. The molecular weight excluding hydrogens is 156 g/mol. The van der Waals surface area contributed by atoms with Crippen LogP contribution in [0.4, 0.5) is 0 Å². The highest BCUT2D eigenvalue weighted by Gasteiger charge is 2.24. The Balaban J connectivity index is 2.31. The molecule has 1 rings (SSSR count). The summed E-state index contributed by atoms with van der Waals surface area (Å²) in [6.45, 7) is 1.99. The molecule has 0 aliphatic carbocycles. The first-order chi connectivity index (χ1) is 5.77. The Bertz CT molecular complexity index is 161. The average molecular weight is 172 g/mol. The Morgan fingerprint density at radius 3 is 3.00 bits per heavy atom. The minimum atomic E-state index is 0.150. The van der Waals surface area contributed by atoms with Crippen LogP contribution in [0, 0.1) is 0 Å². The SMILES string of the molecule is CO[C@H]1CCN(C(=O)CCN)C1. The van der Waals surface area contributed by atoms with Crippen LogP contribution in [-0.2, 0) is 9.53 Å². The van der Waals surface area contributed by atoms with Crippen LogP contribution in [0.2, 0.25) is 0 Å². The Hall–Kier alpha value is -0.610. The Morgan fingerprint density at radius 2 is 2.50 bits per heavy atom. The van der Waals surface area contributed by atoms with Gasteiger partial charge in [0.15, 0.2) is 0 Å². The standard InChI is InChI=1S/C8H16N2O2/c1-12-7-3-5-10(6-7)8(11)2-4-9/h7H,2-6,9H2,1H3/t7-/m0/s1. The van der Waals surface area contributed by atoms with Gasteiger partial charge >= 0.3 is 0 Å². The molecule has 0 bridgehead atoms. The summed E-state index contributed by atoms with van der Waals surface area (Å²) in [6, 6.07) is 0.